The number of nitrogens with one attached hydrogen (secondary N) is 1. The van der Waals surface area contributed by atoms with Crippen LogP contribution in [-0.4, -0.2) is 27.6 Å². The van der Waals surface area contributed by atoms with Gasteiger partial charge in [0.25, 0.3) is 5.91 Å². The SMILES string of the molecule is COc1cc(C(=O)N/N=C/c2cccc(OS(=O)(=O)c3ccccc3)c2)ccc1OCc1ccccc1. The molecule has 0 aliphatic heterocycles. The molecule has 0 aliphatic rings. The highest BCUT2D eigenvalue weighted by Gasteiger charge is 2.16. The van der Waals surface area contributed by atoms with Crippen molar-refractivity contribution in [2.24, 2.45) is 5.10 Å². The van der Waals surface area contributed by atoms with Gasteiger partial charge >= 0.3 is 10.1 Å². The van der Waals surface area contributed by atoms with Gasteiger partial charge in [0.15, 0.2) is 11.5 Å². The first-order chi connectivity index (χ1) is 17.9. The van der Waals surface area contributed by atoms with Crippen molar-refractivity contribution >= 4 is 22.2 Å². The number of benzene rings is 4. The van der Waals surface area contributed by atoms with E-state index in [1.54, 1.807) is 48.5 Å². The molecule has 0 heterocycles. The Hall–Kier alpha value is -4.63. The first-order valence-corrected chi connectivity index (χ1v) is 12.6. The van der Waals surface area contributed by atoms with E-state index in [4.69, 9.17) is 13.7 Å². The molecule has 0 bridgehead atoms. The predicted molar refractivity (Wildman–Crippen MR) is 140 cm³/mol. The van der Waals surface area contributed by atoms with Gasteiger partial charge in [-0.2, -0.15) is 13.5 Å². The Morgan fingerprint density at radius 3 is 2.32 bits per heavy atom. The number of amides is 1. The highest BCUT2D eigenvalue weighted by Crippen LogP contribution is 2.29. The number of carbonyl (C=O) groups excluding carboxylic acids is 1. The van der Waals surface area contributed by atoms with Gasteiger partial charge in [-0.3, -0.25) is 4.79 Å². The van der Waals surface area contributed by atoms with Crippen LogP contribution in [0.1, 0.15) is 21.5 Å². The van der Waals surface area contributed by atoms with E-state index in [0.29, 0.717) is 29.2 Å². The maximum Gasteiger partial charge on any atom is 0.339 e. The molecule has 0 saturated heterocycles. The van der Waals surface area contributed by atoms with E-state index in [0.717, 1.165) is 5.56 Å². The summed E-state index contributed by atoms with van der Waals surface area (Å²) < 4.78 is 41.3. The predicted octanol–water partition coefficient (Wildman–Crippen LogP) is 4.81. The molecule has 0 fully saturated rings. The monoisotopic (exact) mass is 516 g/mol. The third kappa shape index (κ3) is 6.96. The number of hydrogen-bond donors (Lipinski definition) is 1. The van der Waals surface area contributed by atoms with Crippen LogP contribution >= 0.6 is 0 Å². The smallest absolute Gasteiger partial charge is 0.339 e. The third-order valence-electron chi connectivity index (χ3n) is 5.14. The minimum Gasteiger partial charge on any atom is -0.493 e. The molecule has 37 heavy (non-hydrogen) atoms. The zero-order chi connectivity index (χ0) is 26.1. The lowest BCUT2D eigenvalue weighted by Crippen LogP contribution is -2.17. The summed E-state index contributed by atoms with van der Waals surface area (Å²) in [5, 5.41) is 3.97. The summed E-state index contributed by atoms with van der Waals surface area (Å²) in [6.45, 7) is 0.364. The van der Waals surface area contributed by atoms with Crippen molar-refractivity contribution in [1.82, 2.24) is 5.43 Å². The molecule has 0 aliphatic carbocycles. The van der Waals surface area contributed by atoms with Gasteiger partial charge < -0.3 is 13.7 Å². The number of hydrogen-bond acceptors (Lipinski definition) is 7. The molecule has 1 amide bonds. The minimum absolute atomic E-state index is 0.0493. The van der Waals surface area contributed by atoms with Crippen molar-refractivity contribution < 1.29 is 26.9 Å². The van der Waals surface area contributed by atoms with Crippen molar-refractivity contribution in [3.63, 3.8) is 0 Å². The number of carbonyl (C=O) groups is 1. The molecule has 1 N–H and O–H groups in total. The summed E-state index contributed by atoms with van der Waals surface area (Å²) >= 11 is 0. The number of rotatable bonds is 10. The van der Waals surface area contributed by atoms with E-state index in [-0.39, 0.29) is 10.6 Å². The second-order valence-electron chi connectivity index (χ2n) is 7.76. The van der Waals surface area contributed by atoms with Gasteiger partial charge in [-0.25, -0.2) is 5.43 Å². The first kappa shape index (κ1) is 25.5. The van der Waals surface area contributed by atoms with Crippen molar-refractivity contribution in [2.45, 2.75) is 11.5 Å². The van der Waals surface area contributed by atoms with Crippen LogP contribution in [0.5, 0.6) is 17.2 Å². The normalized spacial score (nSPS) is 11.2. The summed E-state index contributed by atoms with van der Waals surface area (Å²) in [5.74, 6) is 0.587. The van der Waals surface area contributed by atoms with E-state index in [2.05, 4.69) is 10.5 Å². The molecule has 9 heteroatoms. The number of hydrazone groups is 1. The Morgan fingerprint density at radius 1 is 0.865 bits per heavy atom. The van der Waals surface area contributed by atoms with E-state index < -0.39 is 16.0 Å². The van der Waals surface area contributed by atoms with Gasteiger partial charge in [0.1, 0.15) is 17.3 Å². The lowest BCUT2D eigenvalue weighted by Gasteiger charge is -2.12. The van der Waals surface area contributed by atoms with Crippen LogP contribution in [0.4, 0.5) is 0 Å². The molecule has 0 saturated carbocycles. The lowest BCUT2D eigenvalue weighted by atomic mass is 10.2. The summed E-state index contributed by atoms with van der Waals surface area (Å²) in [7, 11) is -2.47. The number of methoxy groups -OCH3 is 1. The van der Waals surface area contributed by atoms with Crippen LogP contribution in [0, 0.1) is 0 Å². The first-order valence-electron chi connectivity index (χ1n) is 11.2. The van der Waals surface area contributed by atoms with Crippen molar-refractivity contribution in [3.8, 4) is 17.2 Å². The molecule has 4 aromatic rings. The molecule has 0 radical (unpaired) electrons. The minimum atomic E-state index is -3.97. The molecular formula is C28H24N2O6S. The van der Waals surface area contributed by atoms with Gasteiger partial charge in [-0.05, 0) is 53.6 Å². The van der Waals surface area contributed by atoms with Gasteiger partial charge in [0.05, 0.1) is 13.3 Å². The molecule has 8 nitrogen and oxygen atoms in total. The van der Waals surface area contributed by atoms with Crippen LogP contribution in [0.25, 0.3) is 0 Å². The summed E-state index contributed by atoms with van der Waals surface area (Å²) in [6, 6.07) is 28.7. The fraction of sp³-hybridized carbons (Fsp3) is 0.0714. The number of nitrogens with zero attached hydrogens (tertiary/aromatic N) is 1. The maximum atomic E-state index is 12.6. The number of ether oxygens (including phenoxy) is 2. The Morgan fingerprint density at radius 2 is 1.59 bits per heavy atom. The zero-order valence-electron chi connectivity index (χ0n) is 19.9. The topological polar surface area (TPSA) is 103 Å². The van der Waals surface area contributed by atoms with E-state index >= 15 is 0 Å². The van der Waals surface area contributed by atoms with Crippen LogP contribution in [0.3, 0.4) is 0 Å². The van der Waals surface area contributed by atoms with Gasteiger partial charge in [0.2, 0.25) is 0 Å². The molecule has 0 atom stereocenters. The summed E-state index contributed by atoms with van der Waals surface area (Å²) in [6.07, 6.45) is 1.38. The van der Waals surface area contributed by atoms with Crippen LogP contribution in [0.2, 0.25) is 0 Å². The molecule has 4 rings (SSSR count). The average Bonchev–Trinajstić information content (AvgIpc) is 2.93. The standard InChI is InChI=1S/C28H24N2O6S/c1-34-27-18-23(15-16-26(27)35-20-21-9-4-2-5-10-21)28(31)30-29-19-22-11-8-12-24(17-22)36-37(32,33)25-13-6-3-7-14-25/h2-19H,20H2,1H3,(H,30,31)/b29-19+. The summed E-state index contributed by atoms with van der Waals surface area (Å²) in [5.41, 5.74) is 4.31. The Kier molecular flexibility index (Phi) is 8.17. The molecule has 0 aromatic heterocycles. The average molecular weight is 517 g/mol. The highest BCUT2D eigenvalue weighted by atomic mass is 32.2. The second kappa shape index (κ2) is 11.9. The lowest BCUT2D eigenvalue weighted by molar-refractivity contribution is 0.0954. The Labute approximate surface area is 215 Å². The summed E-state index contributed by atoms with van der Waals surface area (Å²) in [4.78, 5) is 12.6. The van der Waals surface area contributed by atoms with E-state index in [1.165, 1.54) is 37.6 Å². The van der Waals surface area contributed by atoms with Crippen molar-refractivity contribution in [1.29, 1.82) is 0 Å². The fourth-order valence-corrected chi connectivity index (χ4v) is 4.25. The van der Waals surface area contributed by atoms with Gasteiger partial charge in [-0.15, -0.1) is 0 Å². The zero-order valence-corrected chi connectivity index (χ0v) is 20.7. The van der Waals surface area contributed by atoms with Crippen LogP contribution < -0.4 is 19.1 Å². The van der Waals surface area contributed by atoms with E-state index in [9.17, 15) is 13.2 Å². The van der Waals surface area contributed by atoms with Gasteiger partial charge in [0, 0.05) is 5.56 Å². The van der Waals surface area contributed by atoms with Crippen LogP contribution in [-0.2, 0) is 16.7 Å². The Bertz CT molecular complexity index is 1490. The largest absolute Gasteiger partial charge is 0.493 e. The molecule has 4 aromatic carbocycles. The molecule has 188 valence electrons. The van der Waals surface area contributed by atoms with Gasteiger partial charge in [-0.1, -0.05) is 60.7 Å². The highest BCUT2D eigenvalue weighted by molar-refractivity contribution is 7.87. The van der Waals surface area contributed by atoms with E-state index in [1.807, 2.05) is 30.3 Å². The quantitative estimate of drug-likeness (QED) is 0.184. The Balaban J connectivity index is 1.38. The maximum absolute atomic E-state index is 12.6. The second-order valence-corrected chi connectivity index (χ2v) is 9.31. The fourth-order valence-electron chi connectivity index (χ4n) is 3.30. The van der Waals surface area contributed by atoms with Crippen molar-refractivity contribution in [3.05, 3.63) is 120 Å². The molecular weight excluding hydrogens is 492 g/mol. The third-order valence-corrected chi connectivity index (χ3v) is 6.40. The van der Waals surface area contributed by atoms with Crippen molar-refractivity contribution in [2.75, 3.05) is 7.11 Å². The van der Waals surface area contributed by atoms with Crippen LogP contribution in [0.15, 0.2) is 113 Å². The molecule has 0 unspecified atom stereocenters. The molecule has 0 spiro atoms.